The van der Waals surface area contributed by atoms with Crippen LogP contribution in [-0.4, -0.2) is 53.8 Å². The van der Waals surface area contributed by atoms with Gasteiger partial charge in [-0.1, -0.05) is 18.5 Å². The molecule has 0 bridgehead atoms. The number of β-amino-alcohol motifs (C(OH)–C–C–N with tert-alkyl or cyclic N) is 1. The highest BCUT2D eigenvalue weighted by molar-refractivity contribution is 6.30. The molecule has 1 aromatic rings. The predicted octanol–water partition coefficient (Wildman–Crippen LogP) is 1.63. The number of rotatable bonds is 4. The fraction of sp³-hybridized carbons (Fsp3) is 0.615. The highest BCUT2D eigenvalue weighted by Crippen LogP contribution is 2.16. The Kier molecular flexibility index (Phi) is 4.80. The molecule has 0 spiro atoms. The molecule has 0 saturated carbocycles. The summed E-state index contributed by atoms with van der Waals surface area (Å²) in [7, 11) is 0. The first-order valence-corrected chi connectivity index (χ1v) is 6.83. The van der Waals surface area contributed by atoms with Crippen LogP contribution < -0.4 is 4.90 Å². The lowest BCUT2D eigenvalue weighted by Gasteiger charge is -2.36. The van der Waals surface area contributed by atoms with E-state index in [1.807, 2.05) is 19.1 Å². The summed E-state index contributed by atoms with van der Waals surface area (Å²) in [5, 5.41) is 10.3. The molecule has 100 valence electrons. The van der Waals surface area contributed by atoms with Crippen LogP contribution >= 0.6 is 11.6 Å². The van der Waals surface area contributed by atoms with Gasteiger partial charge in [-0.25, -0.2) is 4.98 Å². The van der Waals surface area contributed by atoms with Crippen LogP contribution in [0, 0.1) is 0 Å². The molecule has 1 aliphatic rings. The highest BCUT2D eigenvalue weighted by atomic mass is 35.5. The van der Waals surface area contributed by atoms with Crippen molar-refractivity contribution in [3.63, 3.8) is 0 Å². The number of aliphatic hydroxyl groups excluding tert-OH is 1. The van der Waals surface area contributed by atoms with E-state index in [-0.39, 0.29) is 6.10 Å². The van der Waals surface area contributed by atoms with Crippen molar-refractivity contribution in [1.82, 2.24) is 9.88 Å². The zero-order valence-corrected chi connectivity index (χ0v) is 11.5. The molecule has 1 saturated heterocycles. The number of piperazine rings is 1. The van der Waals surface area contributed by atoms with Gasteiger partial charge in [-0.3, -0.25) is 4.90 Å². The second-order valence-electron chi connectivity index (χ2n) is 4.68. The van der Waals surface area contributed by atoms with Crippen molar-refractivity contribution in [3.8, 4) is 0 Å². The van der Waals surface area contributed by atoms with Crippen LogP contribution in [0.2, 0.25) is 5.02 Å². The molecular formula is C13H20ClN3O. The van der Waals surface area contributed by atoms with Gasteiger partial charge in [-0.2, -0.15) is 0 Å². The summed E-state index contributed by atoms with van der Waals surface area (Å²) in [6, 6.07) is 3.83. The Labute approximate surface area is 113 Å². The highest BCUT2D eigenvalue weighted by Gasteiger charge is 2.19. The molecule has 2 rings (SSSR count). The Bertz CT molecular complexity index is 363. The normalized spacial score (nSPS) is 18.9. The van der Waals surface area contributed by atoms with Crippen molar-refractivity contribution in [2.24, 2.45) is 0 Å². The molecule has 2 heterocycles. The molecule has 5 heteroatoms. The summed E-state index contributed by atoms with van der Waals surface area (Å²) < 4.78 is 0. The first kappa shape index (κ1) is 13.6. The third kappa shape index (κ3) is 3.57. The molecule has 1 N–H and O–H groups in total. The summed E-state index contributed by atoms with van der Waals surface area (Å²) in [4.78, 5) is 8.89. The van der Waals surface area contributed by atoms with Gasteiger partial charge in [0.1, 0.15) is 5.82 Å². The SMILES string of the molecule is CCC(O)CN1CCN(c2ccc(Cl)cn2)CC1. The lowest BCUT2D eigenvalue weighted by Crippen LogP contribution is -2.48. The predicted molar refractivity (Wildman–Crippen MR) is 74.2 cm³/mol. The first-order chi connectivity index (χ1) is 8.69. The molecule has 0 aliphatic carbocycles. The topological polar surface area (TPSA) is 39.6 Å². The number of halogens is 1. The van der Waals surface area contributed by atoms with Crippen LogP contribution in [0.4, 0.5) is 5.82 Å². The van der Waals surface area contributed by atoms with Gasteiger partial charge in [0.05, 0.1) is 11.1 Å². The Balaban J connectivity index is 1.84. The monoisotopic (exact) mass is 269 g/mol. The Morgan fingerprint density at radius 2 is 2.06 bits per heavy atom. The van der Waals surface area contributed by atoms with E-state index < -0.39 is 0 Å². The molecule has 0 radical (unpaired) electrons. The maximum absolute atomic E-state index is 9.64. The smallest absolute Gasteiger partial charge is 0.128 e. The van der Waals surface area contributed by atoms with E-state index in [9.17, 15) is 5.11 Å². The quantitative estimate of drug-likeness (QED) is 0.902. The standard InChI is InChI=1S/C13H20ClN3O/c1-2-12(18)10-16-5-7-17(8-6-16)13-4-3-11(14)9-15-13/h3-4,9,12,18H,2,5-8,10H2,1H3. The zero-order valence-electron chi connectivity index (χ0n) is 10.7. The average molecular weight is 270 g/mol. The van der Waals surface area contributed by atoms with Crippen LogP contribution in [0.1, 0.15) is 13.3 Å². The molecule has 0 amide bonds. The minimum absolute atomic E-state index is 0.204. The van der Waals surface area contributed by atoms with Gasteiger partial charge in [-0.05, 0) is 18.6 Å². The molecule has 18 heavy (non-hydrogen) atoms. The number of aromatic nitrogens is 1. The second-order valence-corrected chi connectivity index (χ2v) is 5.12. The van der Waals surface area contributed by atoms with E-state index in [1.165, 1.54) is 0 Å². The van der Waals surface area contributed by atoms with Gasteiger partial charge in [0.2, 0.25) is 0 Å². The van der Waals surface area contributed by atoms with Gasteiger partial charge in [0.15, 0.2) is 0 Å². The molecule has 4 nitrogen and oxygen atoms in total. The first-order valence-electron chi connectivity index (χ1n) is 6.46. The van der Waals surface area contributed by atoms with Crippen molar-refractivity contribution < 1.29 is 5.11 Å². The molecule has 1 aromatic heterocycles. The Hall–Kier alpha value is -0.840. The van der Waals surface area contributed by atoms with Crippen molar-refractivity contribution in [1.29, 1.82) is 0 Å². The molecule has 1 aliphatic heterocycles. The lowest BCUT2D eigenvalue weighted by molar-refractivity contribution is 0.106. The molecule has 1 unspecified atom stereocenters. The van der Waals surface area contributed by atoms with Crippen LogP contribution in [0.5, 0.6) is 0 Å². The molecule has 1 fully saturated rings. The van der Waals surface area contributed by atoms with E-state index in [1.54, 1.807) is 6.20 Å². The largest absolute Gasteiger partial charge is 0.392 e. The summed E-state index contributed by atoms with van der Waals surface area (Å²) in [6.07, 6.45) is 2.30. The number of aliphatic hydroxyl groups is 1. The maximum Gasteiger partial charge on any atom is 0.128 e. The summed E-state index contributed by atoms with van der Waals surface area (Å²) in [5.74, 6) is 0.982. The van der Waals surface area contributed by atoms with Crippen molar-refractivity contribution >= 4 is 17.4 Å². The van der Waals surface area contributed by atoms with Crippen molar-refractivity contribution in [2.45, 2.75) is 19.4 Å². The van der Waals surface area contributed by atoms with E-state index in [0.29, 0.717) is 5.02 Å². The Morgan fingerprint density at radius 1 is 1.33 bits per heavy atom. The fourth-order valence-electron chi connectivity index (χ4n) is 2.14. The van der Waals surface area contributed by atoms with Crippen molar-refractivity contribution in [3.05, 3.63) is 23.4 Å². The number of hydrogen-bond acceptors (Lipinski definition) is 4. The summed E-state index contributed by atoms with van der Waals surface area (Å²) in [5.41, 5.74) is 0. The average Bonchev–Trinajstić information content (AvgIpc) is 2.40. The number of hydrogen-bond donors (Lipinski definition) is 1. The minimum Gasteiger partial charge on any atom is -0.392 e. The van der Waals surface area contributed by atoms with Gasteiger partial charge in [0, 0.05) is 38.9 Å². The fourth-order valence-corrected chi connectivity index (χ4v) is 2.25. The molecule has 1 atom stereocenters. The summed E-state index contributed by atoms with van der Waals surface area (Å²) >= 11 is 5.83. The molecular weight excluding hydrogens is 250 g/mol. The van der Waals surface area contributed by atoms with Crippen LogP contribution in [0.25, 0.3) is 0 Å². The van der Waals surface area contributed by atoms with E-state index in [0.717, 1.165) is 45.0 Å². The maximum atomic E-state index is 9.64. The van der Waals surface area contributed by atoms with Crippen LogP contribution in [0.3, 0.4) is 0 Å². The zero-order chi connectivity index (χ0) is 13.0. The number of pyridine rings is 1. The third-order valence-corrected chi connectivity index (χ3v) is 3.57. The van der Waals surface area contributed by atoms with Gasteiger partial charge < -0.3 is 10.0 Å². The van der Waals surface area contributed by atoms with Crippen LogP contribution in [-0.2, 0) is 0 Å². The Morgan fingerprint density at radius 3 is 2.61 bits per heavy atom. The van der Waals surface area contributed by atoms with Gasteiger partial charge in [-0.15, -0.1) is 0 Å². The summed E-state index contributed by atoms with van der Waals surface area (Å²) in [6.45, 7) is 6.63. The third-order valence-electron chi connectivity index (χ3n) is 3.35. The van der Waals surface area contributed by atoms with Crippen molar-refractivity contribution in [2.75, 3.05) is 37.6 Å². The molecule has 0 aromatic carbocycles. The number of anilines is 1. The number of nitrogens with zero attached hydrogens (tertiary/aromatic N) is 3. The second kappa shape index (κ2) is 6.36. The lowest BCUT2D eigenvalue weighted by atomic mass is 10.2. The minimum atomic E-state index is -0.204. The van der Waals surface area contributed by atoms with E-state index in [2.05, 4.69) is 14.8 Å². The van der Waals surface area contributed by atoms with Gasteiger partial charge >= 0.3 is 0 Å². The van der Waals surface area contributed by atoms with E-state index in [4.69, 9.17) is 11.6 Å². The van der Waals surface area contributed by atoms with Gasteiger partial charge in [0.25, 0.3) is 0 Å². The van der Waals surface area contributed by atoms with E-state index >= 15 is 0 Å². The van der Waals surface area contributed by atoms with Crippen LogP contribution in [0.15, 0.2) is 18.3 Å².